The molecule has 3 rings (SSSR count). The molecule has 1 aromatic carbocycles. The van der Waals surface area contributed by atoms with Crippen molar-refractivity contribution in [2.45, 2.75) is 23.1 Å². The molecular formula is C19H21ClN4O3S2. The maximum atomic E-state index is 12.6. The molecule has 10 heteroatoms. The van der Waals surface area contributed by atoms with Gasteiger partial charge in [-0.05, 0) is 43.3 Å². The standard InChI is InChI=1S/C19H21ClN4O3S2/c1-13(17(25)24(2)9-11-27-15-7-5-14(20)6-8-15)28-19-23-22-18(29-19)21-12-16-4-3-10-26-16/h3-8,10,13H,9,11-12H2,1-2H3,(H,21,22). The number of anilines is 1. The fourth-order valence-electron chi connectivity index (χ4n) is 2.36. The van der Waals surface area contributed by atoms with Gasteiger partial charge in [0.2, 0.25) is 11.0 Å². The van der Waals surface area contributed by atoms with Crippen molar-refractivity contribution in [3.63, 3.8) is 0 Å². The van der Waals surface area contributed by atoms with Crippen molar-refractivity contribution in [2.24, 2.45) is 0 Å². The average Bonchev–Trinajstić information content (AvgIpc) is 3.39. The van der Waals surface area contributed by atoms with E-state index in [1.165, 1.54) is 23.1 Å². The number of nitrogens with zero attached hydrogens (tertiary/aromatic N) is 3. The summed E-state index contributed by atoms with van der Waals surface area (Å²) in [5, 5.41) is 12.5. The summed E-state index contributed by atoms with van der Waals surface area (Å²) in [5.74, 6) is 1.55. The number of hydrogen-bond donors (Lipinski definition) is 1. The van der Waals surface area contributed by atoms with Gasteiger partial charge in [0.25, 0.3) is 0 Å². The number of rotatable bonds is 10. The van der Waals surface area contributed by atoms with Crippen LogP contribution in [-0.4, -0.2) is 46.5 Å². The third kappa shape index (κ3) is 6.66. The van der Waals surface area contributed by atoms with Crippen molar-refractivity contribution < 1.29 is 13.9 Å². The van der Waals surface area contributed by atoms with E-state index in [9.17, 15) is 4.79 Å². The quantitative estimate of drug-likeness (QED) is 0.456. The molecule has 0 radical (unpaired) electrons. The van der Waals surface area contributed by atoms with Gasteiger partial charge in [-0.2, -0.15) is 0 Å². The molecule has 0 fully saturated rings. The van der Waals surface area contributed by atoms with Gasteiger partial charge in [-0.3, -0.25) is 4.79 Å². The topological polar surface area (TPSA) is 80.5 Å². The van der Waals surface area contributed by atoms with Crippen molar-refractivity contribution in [3.05, 3.63) is 53.4 Å². The van der Waals surface area contributed by atoms with Gasteiger partial charge in [0.05, 0.1) is 24.6 Å². The van der Waals surface area contributed by atoms with Gasteiger partial charge in [-0.25, -0.2) is 0 Å². The summed E-state index contributed by atoms with van der Waals surface area (Å²) in [6.45, 7) is 3.29. The highest BCUT2D eigenvalue weighted by atomic mass is 35.5. The lowest BCUT2D eigenvalue weighted by Gasteiger charge is -2.20. The molecule has 0 saturated carbocycles. The molecule has 3 aromatic rings. The molecular weight excluding hydrogens is 432 g/mol. The van der Waals surface area contributed by atoms with E-state index in [1.54, 1.807) is 42.5 Å². The number of benzene rings is 1. The van der Waals surface area contributed by atoms with Crippen LogP contribution in [0.25, 0.3) is 0 Å². The van der Waals surface area contributed by atoms with Crippen molar-refractivity contribution in [1.29, 1.82) is 0 Å². The number of aromatic nitrogens is 2. The van der Waals surface area contributed by atoms with Gasteiger partial charge in [-0.1, -0.05) is 34.7 Å². The molecule has 0 aliphatic heterocycles. The molecule has 2 aromatic heterocycles. The molecule has 1 amide bonds. The fraction of sp³-hybridized carbons (Fsp3) is 0.316. The maximum absolute atomic E-state index is 12.6. The molecule has 29 heavy (non-hydrogen) atoms. The second-order valence-electron chi connectivity index (χ2n) is 6.13. The number of carbonyl (C=O) groups is 1. The molecule has 1 unspecified atom stereocenters. The maximum Gasteiger partial charge on any atom is 0.235 e. The molecule has 2 heterocycles. The van der Waals surface area contributed by atoms with Crippen molar-refractivity contribution in [1.82, 2.24) is 15.1 Å². The third-order valence-corrected chi connectivity index (χ3v) is 6.22. The molecule has 0 aliphatic rings. The normalized spacial score (nSPS) is 11.8. The lowest BCUT2D eigenvalue weighted by molar-refractivity contribution is -0.129. The Morgan fingerprint density at radius 3 is 2.86 bits per heavy atom. The summed E-state index contributed by atoms with van der Waals surface area (Å²) in [6, 6.07) is 10.9. The van der Waals surface area contributed by atoms with Gasteiger partial charge < -0.3 is 19.4 Å². The van der Waals surface area contributed by atoms with Gasteiger partial charge in [0, 0.05) is 12.1 Å². The number of nitrogens with one attached hydrogen (secondary N) is 1. The van der Waals surface area contributed by atoms with Crippen LogP contribution < -0.4 is 10.1 Å². The second kappa shape index (κ2) is 10.5. The molecule has 7 nitrogen and oxygen atoms in total. The molecule has 0 saturated heterocycles. The van der Waals surface area contributed by atoms with E-state index in [0.29, 0.717) is 29.9 Å². The van der Waals surface area contributed by atoms with E-state index >= 15 is 0 Å². The van der Waals surface area contributed by atoms with E-state index in [4.69, 9.17) is 20.8 Å². The van der Waals surface area contributed by atoms with Crippen LogP contribution in [0.1, 0.15) is 12.7 Å². The first-order valence-corrected chi connectivity index (χ1v) is 11.0. The number of amides is 1. The van der Waals surface area contributed by atoms with Gasteiger partial charge in [0.1, 0.15) is 18.1 Å². The highest BCUT2D eigenvalue weighted by molar-refractivity contribution is 8.02. The Labute approximate surface area is 182 Å². The zero-order chi connectivity index (χ0) is 20.6. The first kappa shape index (κ1) is 21.5. The third-order valence-electron chi connectivity index (χ3n) is 3.91. The Kier molecular flexibility index (Phi) is 7.79. The zero-order valence-corrected chi connectivity index (χ0v) is 18.4. The van der Waals surface area contributed by atoms with Crippen LogP contribution in [0.4, 0.5) is 5.13 Å². The van der Waals surface area contributed by atoms with Crippen LogP contribution >= 0.6 is 34.7 Å². The zero-order valence-electron chi connectivity index (χ0n) is 16.0. The smallest absolute Gasteiger partial charge is 0.235 e. The van der Waals surface area contributed by atoms with E-state index in [-0.39, 0.29) is 11.2 Å². The molecule has 0 bridgehead atoms. The Bertz CT molecular complexity index is 903. The highest BCUT2D eigenvalue weighted by Gasteiger charge is 2.20. The summed E-state index contributed by atoms with van der Waals surface area (Å²) >= 11 is 8.65. The fourth-order valence-corrected chi connectivity index (χ4v) is 4.49. The summed E-state index contributed by atoms with van der Waals surface area (Å²) < 4.78 is 11.7. The number of carbonyl (C=O) groups excluding carboxylic acids is 1. The van der Waals surface area contributed by atoms with Crippen molar-refractivity contribution >= 4 is 45.7 Å². The first-order chi connectivity index (χ1) is 14.0. The van der Waals surface area contributed by atoms with E-state index in [0.717, 1.165) is 15.8 Å². The number of furan rings is 1. The van der Waals surface area contributed by atoms with Crippen LogP contribution in [0.5, 0.6) is 5.75 Å². The lowest BCUT2D eigenvalue weighted by Crippen LogP contribution is -2.36. The number of thioether (sulfide) groups is 1. The van der Waals surface area contributed by atoms with Crippen LogP contribution in [0.2, 0.25) is 5.02 Å². The Balaban J connectivity index is 1.41. The van der Waals surface area contributed by atoms with E-state index in [2.05, 4.69) is 15.5 Å². The van der Waals surface area contributed by atoms with Crippen molar-refractivity contribution in [2.75, 3.05) is 25.5 Å². The second-order valence-corrected chi connectivity index (χ2v) is 9.13. The number of hydrogen-bond acceptors (Lipinski definition) is 8. The SMILES string of the molecule is CC(Sc1nnc(NCc2ccco2)s1)C(=O)N(C)CCOc1ccc(Cl)cc1. The minimum absolute atomic E-state index is 0.00926. The number of likely N-dealkylation sites (N-methyl/N-ethyl adjacent to an activating group) is 1. The van der Waals surface area contributed by atoms with Crippen LogP contribution in [0.3, 0.4) is 0 Å². The average molecular weight is 453 g/mol. The molecule has 0 spiro atoms. The minimum Gasteiger partial charge on any atom is -0.492 e. The summed E-state index contributed by atoms with van der Waals surface area (Å²) in [4.78, 5) is 14.2. The lowest BCUT2D eigenvalue weighted by atomic mass is 10.3. The van der Waals surface area contributed by atoms with Gasteiger partial charge in [-0.15, -0.1) is 10.2 Å². The van der Waals surface area contributed by atoms with Crippen molar-refractivity contribution in [3.8, 4) is 5.75 Å². The molecule has 154 valence electrons. The first-order valence-electron chi connectivity index (χ1n) is 8.91. The predicted octanol–water partition coefficient (Wildman–Crippen LogP) is 4.41. The number of halogens is 1. The Hall–Kier alpha value is -2.23. The molecule has 1 atom stereocenters. The predicted molar refractivity (Wildman–Crippen MR) is 116 cm³/mol. The summed E-state index contributed by atoms with van der Waals surface area (Å²) in [7, 11) is 1.76. The van der Waals surface area contributed by atoms with E-state index in [1.807, 2.05) is 19.1 Å². The largest absolute Gasteiger partial charge is 0.492 e. The monoisotopic (exact) mass is 452 g/mol. The molecule has 0 aliphatic carbocycles. The Morgan fingerprint density at radius 1 is 1.34 bits per heavy atom. The van der Waals surface area contributed by atoms with E-state index < -0.39 is 0 Å². The number of ether oxygens (including phenoxy) is 1. The molecule has 1 N–H and O–H groups in total. The van der Waals surface area contributed by atoms with Crippen LogP contribution in [0, 0.1) is 0 Å². The Morgan fingerprint density at radius 2 is 2.14 bits per heavy atom. The highest BCUT2D eigenvalue weighted by Crippen LogP contribution is 2.29. The summed E-state index contributed by atoms with van der Waals surface area (Å²) in [5.41, 5.74) is 0. The van der Waals surface area contributed by atoms with Gasteiger partial charge >= 0.3 is 0 Å². The van der Waals surface area contributed by atoms with Crippen LogP contribution in [-0.2, 0) is 11.3 Å². The van der Waals surface area contributed by atoms with Crippen LogP contribution in [0.15, 0.2) is 51.4 Å². The minimum atomic E-state index is -0.276. The van der Waals surface area contributed by atoms with Gasteiger partial charge in [0.15, 0.2) is 4.34 Å². The summed E-state index contributed by atoms with van der Waals surface area (Å²) in [6.07, 6.45) is 1.63.